The van der Waals surface area contributed by atoms with Gasteiger partial charge in [-0.15, -0.1) is 0 Å². The maximum Gasteiger partial charge on any atom is 0.165 e. The average molecular weight is 210 g/mol. The molecule has 3 aliphatic carbocycles. The highest BCUT2D eigenvalue weighted by Gasteiger charge is 2.51. The van der Waals surface area contributed by atoms with Crippen molar-refractivity contribution in [1.29, 1.82) is 0 Å². The van der Waals surface area contributed by atoms with Gasteiger partial charge in [-0.1, -0.05) is 32.1 Å². The van der Waals surface area contributed by atoms with Crippen LogP contribution in [0.3, 0.4) is 0 Å². The molecule has 0 radical (unpaired) electrons. The first-order chi connectivity index (χ1) is 7.18. The van der Waals surface area contributed by atoms with Gasteiger partial charge in [0.25, 0.3) is 0 Å². The van der Waals surface area contributed by atoms with Crippen molar-refractivity contribution in [2.75, 3.05) is 0 Å². The molecule has 0 aromatic heterocycles. The van der Waals surface area contributed by atoms with Gasteiger partial charge in [-0.25, -0.2) is 0 Å². The third kappa shape index (κ3) is 1.53. The first-order valence-corrected chi connectivity index (χ1v) is 6.63. The lowest BCUT2D eigenvalue weighted by molar-refractivity contribution is -0.257. The fraction of sp³-hybridized carbons (Fsp3) is 1.00. The van der Waals surface area contributed by atoms with Crippen LogP contribution in [-0.2, 0) is 0 Å². The van der Waals surface area contributed by atoms with E-state index in [1.807, 2.05) is 0 Å². The fourth-order valence-electron chi connectivity index (χ4n) is 4.66. The molecule has 0 heterocycles. The largest absolute Gasteiger partial charge is 0.365 e. The number of rotatable bonds is 0. The molecule has 3 fully saturated rings. The maximum atomic E-state index is 10.1. The predicted octanol–water partition coefficient (Wildman–Crippen LogP) is 2.29. The molecule has 3 rings (SSSR count). The summed E-state index contributed by atoms with van der Waals surface area (Å²) in [6.45, 7) is 0. The fourth-order valence-corrected chi connectivity index (χ4v) is 4.66. The Balaban J connectivity index is 1.88. The summed E-state index contributed by atoms with van der Waals surface area (Å²) in [7, 11) is 0. The van der Waals surface area contributed by atoms with Crippen LogP contribution in [0.1, 0.15) is 51.4 Å². The van der Waals surface area contributed by atoms with E-state index in [0.717, 1.165) is 24.7 Å². The van der Waals surface area contributed by atoms with Crippen LogP contribution >= 0.6 is 0 Å². The Kier molecular flexibility index (Phi) is 2.33. The molecule has 2 N–H and O–H groups in total. The van der Waals surface area contributed by atoms with Crippen molar-refractivity contribution in [2.45, 2.75) is 57.2 Å². The summed E-state index contributed by atoms with van der Waals surface area (Å²) in [5.74, 6) is 1.10. The van der Waals surface area contributed by atoms with E-state index in [0.29, 0.717) is 12.3 Å². The molecular formula is C13H22O2. The molecule has 2 nitrogen and oxygen atoms in total. The Hall–Kier alpha value is -0.0800. The summed E-state index contributed by atoms with van der Waals surface area (Å²) < 4.78 is 0. The van der Waals surface area contributed by atoms with Crippen LogP contribution in [0, 0.1) is 23.7 Å². The molecule has 0 saturated heterocycles. The Morgan fingerprint density at radius 3 is 2.13 bits per heavy atom. The molecular weight excluding hydrogens is 188 g/mol. The number of hydrogen-bond acceptors (Lipinski definition) is 2. The zero-order chi connectivity index (χ0) is 10.5. The van der Waals surface area contributed by atoms with Crippen molar-refractivity contribution in [2.24, 2.45) is 23.7 Å². The SMILES string of the molecule is OC1(O)CCC2CCCC3CCCC1C32. The third-order valence-electron chi connectivity index (χ3n) is 5.27. The zero-order valence-corrected chi connectivity index (χ0v) is 9.36. The summed E-state index contributed by atoms with van der Waals surface area (Å²) in [5.41, 5.74) is 0. The molecule has 0 spiro atoms. The van der Waals surface area contributed by atoms with Crippen LogP contribution < -0.4 is 0 Å². The van der Waals surface area contributed by atoms with Crippen molar-refractivity contribution in [3.63, 3.8) is 0 Å². The second-order valence-corrected chi connectivity index (χ2v) is 5.98. The lowest BCUT2D eigenvalue weighted by atomic mass is 9.54. The van der Waals surface area contributed by atoms with E-state index in [1.54, 1.807) is 0 Å². The molecule has 86 valence electrons. The smallest absolute Gasteiger partial charge is 0.165 e. The highest BCUT2D eigenvalue weighted by molar-refractivity contribution is 4.98. The van der Waals surface area contributed by atoms with Crippen LogP contribution in [0.4, 0.5) is 0 Å². The van der Waals surface area contributed by atoms with E-state index >= 15 is 0 Å². The van der Waals surface area contributed by atoms with Gasteiger partial charge in [-0.3, -0.25) is 0 Å². The van der Waals surface area contributed by atoms with E-state index in [-0.39, 0.29) is 5.92 Å². The van der Waals surface area contributed by atoms with Crippen LogP contribution in [0.15, 0.2) is 0 Å². The van der Waals surface area contributed by atoms with E-state index in [1.165, 1.54) is 32.1 Å². The normalized spacial score (nSPS) is 48.4. The van der Waals surface area contributed by atoms with Gasteiger partial charge in [0.1, 0.15) is 0 Å². The number of hydrogen-bond donors (Lipinski definition) is 2. The quantitative estimate of drug-likeness (QED) is 0.602. The minimum Gasteiger partial charge on any atom is -0.365 e. The molecule has 2 heteroatoms. The Morgan fingerprint density at radius 2 is 1.40 bits per heavy atom. The van der Waals surface area contributed by atoms with Gasteiger partial charge in [0.2, 0.25) is 0 Å². The average Bonchev–Trinajstić information content (AvgIpc) is 2.24. The van der Waals surface area contributed by atoms with Gasteiger partial charge in [-0.05, 0) is 30.6 Å². The van der Waals surface area contributed by atoms with Crippen molar-refractivity contribution >= 4 is 0 Å². The second kappa shape index (κ2) is 3.46. The number of aliphatic hydroxyl groups is 2. The molecule has 0 aromatic carbocycles. The highest BCUT2D eigenvalue weighted by Crippen LogP contribution is 2.54. The Labute approximate surface area is 91.7 Å². The lowest BCUT2D eigenvalue weighted by Crippen LogP contribution is -2.53. The molecule has 15 heavy (non-hydrogen) atoms. The molecule has 4 unspecified atom stereocenters. The lowest BCUT2D eigenvalue weighted by Gasteiger charge is -2.53. The molecule has 0 aliphatic heterocycles. The van der Waals surface area contributed by atoms with Gasteiger partial charge in [0.15, 0.2) is 5.79 Å². The van der Waals surface area contributed by atoms with Crippen molar-refractivity contribution in [3.05, 3.63) is 0 Å². The third-order valence-corrected chi connectivity index (χ3v) is 5.27. The minimum absolute atomic E-state index is 0.190. The molecule has 0 aromatic rings. The minimum atomic E-state index is -1.34. The van der Waals surface area contributed by atoms with E-state index < -0.39 is 5.79 Å². The predicted molar refractivity (Wildman–Crippen MR) is 58.1 cm³/mol. The summed E-state index contributed by atoms with van der Waals surface area (Å²) in [4.78, 5) is 0. The van der Waals surface area contributed by atoms with E-state index in [2.05, 4.69) is 0 Å². The molecule has 0 amide bonds. The standard InChI is InChI=1S/C13H22O2/c14-13(15)8-7-10-4-1-3-9-5-2-6-11(13)12(9)10/h9-12,14-15H,1-8H2. The van der Waals surface area contributed by atoms with Crippen molar-refractivity contribution in [1.82, 2.24) is 0 Å². The van der Waals surface area contributed by atoms with Gasteiger partial charge in [0, 0.05) is 12.3 Å². The van der Waals surface area contributed by atoms with Crippen LogP contribution in [0.5, 0.6) is 0 Å². The van der Waals surface area contributed by atoms with Gasteiger partial charge in [-0.2, -0.15) is 0 Å². The van der Waals surface area contributed by atoms with E-state index in [4.69, 9.17) is 0 Å². The first-order valence-electron chi connectivity index (χ1n) is 6.63. The van der Waals surface area contributed by atoms with Crippen LogP contribution in [0.25, 0.3) is 0 Å². The summed E-state index contributed by atoms with van der Waals surface area (Å²) in [5, 5.41) is 20.2. The molecule has 4 atom stereocenters. The maximum absolute atomic E-state index is 10.1. The first kappa shape index (κ1) is 10.1. The van der Waals surface area contributed by atoms with Crippen molar-refractivity contribution < 1.29 is 10.2 Å². The van der Waals surface area contributed by atoms with Gasteiger partial charge < -0.3 is 10.2 Å². The van der Waals surface area contributed by atoms with Gasteiger partial charge in [0.05, 0.1) is 0 Å². The zero-order valence-electron chi connectivity index (χ0n) is 9.36. The monoisotopic (exact) mass is 210 g/mol. The molecule has 3 aliphatic rings. The Bertz CT molecular complexity index is 240. The topological polar surface area (TPSA) is 40.5 Å². The summed E-state index contributed by atoms with van der Waals surface area (Å²) in [6.07, 6.45) is 9.32. The summed E-state index contributed by atoms with van der Waals surface area (Å²) in [6, 6.07) is 0. The van der Waals surface area contributed by atoms with Crippen LogP contribution in [0.2, 0.25) is 0 Å². The molecule has 3 saturated carbocycles. The van der Waals surface area contributed by atoms with Crippen LogP contribution in [-0.4, -0.2) is 16.0 Å². The van der Waals surface area contributed by atoms with E-state index in [9.17, 15) is 10.2 Å². The molecule has 0 bridgehead atoms. The second-order valence-electron chi connectivity index (χ2n) is 5.98. The summed E-state index contributed by atoms with van der Waals surface area (Å²) >= 11 is 0. The van der Waals surface area contributed by atoms with Crippen molar-refractivity contribution in [3.8, 4) is 0 Å². The Morgan fingerprint density at radius 1 is 0.800 bits per heavy atom. The van der Waals surface area contributed by atoms with Gasteiger partial charge >= 0.3 is 0 Å². The highest BCUT2D eigenvalue weighted by atomic mass is 16.5.